The van der Waals surface area contributed by atoms with Gasteiger partial charge in [-0.15, -0.1) is 0 Å². The van der Waals surface area contributed by atoms with Crippen LogP contribution in [0.1, 0.15) is 12.8 Å². The van der Waals surface area contributed by atoms with Gasteiger partial charge < -0.3 is 10.2 Å². The number of piperidine rings is 1. The Morgan fingerprint density at radius 3 is 2.77 bits per heavy atom. The van der Waals surface area contributed by atoms with Crippen LogP contribution in [0.5, 0.6) is 0 Å². The van der Waals surface area contributed by atoms with Crippen LogP contribution < -0.4 is 10.2 Å². The normalized spacial score (nSPS) is 17.1. The fraction of sp³-hybridized carbons (Fsp3) is 0.263. The lowest BCUT2D eigenvalue weighted by Gasteiger charge is -2.32. The Bertz CT molecular complexity index is 865. The Hall–Kier alpha value is -3.22. The van der Waals surface area contributed by atoms with Crippen molar-refractivity contribution in [2.24, 2.45) is 5.92 Å². The molecule has 1 aliphatic rings. The van der Waals surface area contributed by atoms with Crippen LogP contribution in [-0.2, 0) is 4.79 Å². The molecule has 7 heteroatoms. The van der Waals surface area contributed by atoms with Crippen molar-refractivity contribution in [2.45, 2.75) is 12.8 Å². The van der Waals surface area contributed by atoms with E-state index in [0.717, 1.165) is 30.9 Å². The number of anilines is 2. The van der Waals surface area contributed by atoms with E-state index >= 15 is 0 Å². The number of nitrogens with zero attached hydrogens (tertiary/aromatic N) is 5. The van der Waals surface area contributed by atoms with E-state index in [4.69, 9.17) is 0 Å². The standard InChI is InChI=1S/C19H20N6O/c26-19(22-16-7-2-1-3-8-16)15-6-4-10-24(14-15)17-12-20-13-18(23-17)25-11-5-9-21-25/h1-3,5,7-9,11-13,15H,4,6,10,14H2,(H,22,26)/t15-/m1/s1. The van der Waals surface area contributed by atoms with Gasteiger partial charge >= 0.3 is 0 Å². The molecule has 0 radical (unpaired) electrons. The van der Waals surface area contributed by atoms with Gasteiger partial charge in [0.05, 0.1) is 18.3 Å². The van der Waals surface area contributed by atoms with Gasteiger partial charge in [0, 0.05) is 31.2 Å². The molecule has 1 N–H and O–H groups in total. The van der Waals surface area contributed by atoms with Gasteiger partial charge in [-0.1, -0.05) is 18.2 Å². The Labute approximate surface area is 151 Å². The van der Waals surface area contributed by atoms with Crippen LogP contribution in [0, 0.1) is 5.92 Å². The summed E-state index contributed by atoms with van der Waals surface area (Å²) in [6.45, 7) is 1.50. The third kappa shape index (κ3) is 3.56. The van der Waals surface area contributed by atoms with Gasteiger partial charge in [0.15, 0.2) is 5.82 Å². The summed E-state index contributed by atoms with van der Waals surface area (Å²) in [6.07, 6.45) is 8.78. The number of benzene rings is 1. The van der Waals surface area contributed by atoms with E-state index in [9.17, 15) is 4.79 Å². The van der Waals surface area contributed by atoms with Crippen molar-refractivity contribution in [3.8, 4) is 5.82 Å². The molecule has 0 unspecified atom stereocenters. The van der Waals surface area contributed by atoms with Crippen molar-refractivity contribution >= 4 is 17.4 Å². The van der Waals surface area contributed by atoms with Crippen molar-refractivity contribution in [2.75, 3.05) is 23.3 Å². The first-order valence-electron chi connectivity index (χ1n) is 8.72. The summed E-state index contributed by atoms with van der Waals surface area (Å²) < 4.78 is 1.68. The predicted molar refractivity (Wildman–Crippen MR) is 99.2 cm³/mol. The molecule has 1 fully saturated rings. The lowest BCUT2D eigenvalue weighted by atomic mass is 9.97. The first-order valence-corrected chi connectivity index (χ1v) is 8.72. The number of hydrogen-bond donors (Lipinski definition) is 1. The summed E-state index contributed by atoms with van der Waals surface area (Å²) in [4.78, 5) is 23.7. The maximum absolute atomic E-state index is 12.6. The Morgan fingerprint density at radius 1 is 1.12 bits per heavy atom. The molecule has 132 valence electrons. The van der Waals surface area contributed by atoms with Crippen LogP contribution in [0.4, 0.5) is 11.5 Å². The molecule has 7 nitrogen and oxygen atoms in total. The molecule has 1 amide bonds. The lowest BCUT2D eigenvalue weighted by Crippen LogP contribution is -2.41. The highest BCUT2D eigenvalue weighted by Gasteiger charge is 2.27. The van der Waals surface area contributed by atoms with E-state index in [0.29, 0.717) is 12.4 Å². The molecule has 0 aliphatic carbocycles. The summed E-state index contributed by atoms with van der Waals surface area (Å²) in [5.74, 6) is 1.43. The minimum absolute atomic E-state index is 0.0529. The molecule has 0 spiro atoms. The smallest absolute Gasteiger partial charge is 0.229 e. The Balaban J connectivity index is 1.47. The van der Waals surface area contributed by atoms with Crippen LogP contribution in [0.2, 0.25) is 0 Å². The highest BCUT2D eigenvalue weighted by atomic mass is 16.1. The largest absolute Gasteiger partial charge is 0.354 e. The van der Waals surface area contributed by atoms with E-state index < -0.39 is 0 Å². The van der Waals surface area contributed by atoms with E-state index in [-0.39, 0.29) is 11.8 Å². The summed E-state index contributed by atoms with van der Waals surface area (Å²) in [5, 5.41) is 7.20. The summed E-state index contributed by atoms with van der Waals surface area (Å²) >= 11 is 0. The number of amides is 1. The molecular weight excluding hydrogens is 328 g/mol. The highest BCUT2D eigenvalue weighted by molar-refractivity contribution is 5.93. The molecular formula is C19H20N6O. The van der Waals surface area contributed by atoms with Gasteiger partial charge in [0.25, 0.3) is 0 Å². The van der Waals surface area contributed by atoms with Gasteiger partial charge in [-0.05, 0) is 31.0 Å². The van der Waals surface area contributed by atoms with Crippen molar-refractivity contribution in [3.63, 3.8) is 0 Å². The third-order valence-corrected chi connectivity index (χ3v) is 4.51. The molecule has 26 heavy (non-hydrogen) atoms. The molecule has 0 saturated carbocycles. The second-order valence-corrected chi connectivity index (χ2v) is 6.33. The zero-order chi connectivity index (χ0) is 17.8. The molecule has 1 aromatic carbocycles. The average molecular weight is 348 g/mol. The number of rotatable bonds is 4. The van der Waals surface area contributed by atoms with E-state index in [1.54, 1.807) is 23.3 Å². The number of para-hydroxylation sites is 1. The molecule has 0 bridgehead atoms. The fourth-order valence-electron chi connectivity index (χ4n) is 3.18. The zero-order valence-electron chi connectivity index (χ0n) is 14.3. The summed E-state index contributed by atoms with van der Waals surface area (Å²) in [6, 6.07) is 11.4. The molecule has 3 heterocycles. The SMILES string of the molecule is O=C(Nc1ccccc1)[C@@H]1CCCN(c2cncc(-n3cccn3)n2)C1. The molecule has 1 atom stereocenters. The Morgan fingerprint density at radius 2 is 1.96 bits per heavy atom. The van der Waals surface area contributed by atoms with Crippen LogP contribution in [0.3, 0.4) is 0 Å². The van der Waals surface area contributed by atoms with E-state index in [2.05, 4.69) is 25.3 Å². The molecule has 2 aromatic heterocycles. The van der Waals surface area contributed by atoms with Crippen molar-refractivity contribution in [1.82, 2.24) is 19.7 Å². The van der Waals surface area contributed by atoms with Gasteiger partial charge in [0.2, 0.25) is 5.91 Å². The zero-order valence-corrected chi connectivity index (χ0v) is 14.3. The topological polar surface area (TPSA) is 75.9 Å². The van der Waals surface area contributed by atoms with E-state index in [1.165, 1.54) is 0 Å². The van der Waals surface area contributed by atoms with Crippen molar-refractivity contribution < 1.29 is 4.79 Å². The van der Waals surface area contributed by atoms with Crippen molar-refractivity contribution in [3.05, 3.63) is 61.2 Å². The maximum atomic E-state index is 12.6. The number of hydrogen-bond acceptors (Lipinski definition) is 5. The number of nitrogens with one attached hydrogen (secondary N) is 1. The molecule has 1 aliphatic heterocycles. The second-order valence-electron chi connectivity index (χ2n) is 6.33. The molecule has 3 aromatic rings. The van der Waals surface area contributed by atoms with Crippen molar-refractivity contribution in [1.29, 1.82) is 0 Å². The summed E-state index contributed by atoms with van der Waals surface area (Å²) in [5.41, 5.74) is 0.829. The number of aromatic nitrogens is 4. The van der Waals surface area contributed by atoms with Gasteiger partial charge in [-0.2, -0.15) is 5.10 Å². The first-order chi connectivity index (χ1) is 12.8. The second kappa shape index (κ2) is 7.35. The van der Waals surface area contributed by atoms with Gasteiger partial charge in [0.1, 0.15) is 5.82 Å². The van der Waals surface area contributed by atoms with Crippen LogP contribution in [-0.4, -0.2) is 38.7 Å². The van der Waals surface area contributed by atoms with Gasteiger partial charge in [-0.25, -0.2) is 9.67 Å². The maximum Gasteiger partial charge on any atom is 0.229 e. The number of carbonyl (C=O) groups excluding carboxylic acids is 1. The predicted octanol–water partition coefficient (Wildman–Crippen LogP) is 2.52. The minimum Gasteiger partial charge on any atom is -0.354 e. The molecule has 4 rings (SSSR count). The first kappa shape index (κ1) is 16.3. The fourth-order valence-corrected chi connectivity index (χ4v) is 3.18. The van der Waals surface area contributed by atoms with Crippen LogP contribution in [0.25, 0.3) is 5.82 Å². The molecule has 1 saturated heterocycles. The van der Waals surface area contributed by atoms with E-state index in [1.807, 2.05) is 42.6 Å². The monoisotopic (exact) mass is 348 g/mol. The minimum atomic E-state index is -0.0703. The lowest BCUT2D eigenvalue weighted by molar-refractivity contribution is -0.120. The quantitative estimate of drug-likeness (QED) is 0.784. The third-order valence-electron chi connectivity index (χ3n) is 4.51. The van der Waals surface area contributed by atoms with Crippen LogP contribution in [0.15, 0.2) is 61.2 Å². The summed E-state index contributed by atoms with van der Waals surface area (Å²) in [7, 11) is 0. The number of carbonyl (C=O) groups is 1. The average Bonchev–Trinajstić information content (AvgIpc) is 3.24. The van der Waals surface area contributed by atoms with Crippen LogP contribution >= 0.6 is 0 Å². The van der Waals surface area contributed by atoms with Gasteiger partial charge in [-0.3, -0.25) is 9.78 Å². The Kier molecular flexibility index (Phi) is 4.59. The highest BCUT2D eigenvalue weighted by Crippen LogP contribution is 2.23.